The fourth-order valence-electron chi connectivity index (χ4n) is 1.23. The van der Waals surface area contributed by atoms with Gasteiger partial charge < -0.3 is 5.73 Å². The number of benzene rings is 1. The minimum Gasteiger partial charge on any atom is -0.400 e. The van der Waals surface area contributed by atoms with E-state index in [1.807, 2.05) is 26.8 Å². The van der Waals surface area contributed by atoms with Crippen molar-refractivity contribution in [2.45, 2.75) is 20.8 Å². The third kappa shape index (κ3) is 3.22. The zero-order chi connectivity index (χ0) is 13.9. The number of halogens is 1. The van der Waals surface area contributed by atoms with Crippen molar-refractivity contribution in [1.29, 1.82) is 5.26 Å². The lowest BCUT2D eigenvalue weighted by Gasteiger charge is -2.23. The predicted octanol–water partition coefficient (Wildman–Crippen LogP) is 2.22. The monoisotopic (exact) mass is 248 g/mol. The highest BCUT2D eigenvalue weighted by Crippen LogP contribution is 2.24. The molecule has 4 nitrogen and oxygen atoms in total. The van der Waals surface area contributed by atoms with Gasteiger partial charge in [-0.15, -0.1) is 0 Å². The maximum absolute atomic E-state index is 13.2. The minimum absolute atomic E-state index is 0.252. The number of hydrogen-bond acceptors (Lipinski definition) is 4. The Morgan fingerprint density at radius 2 is 2.06 bits per heavy atom. The van der Waals surface area contributed by atoms with Crippen LogP contribution in [0.2, 0.25) is 0 Å². The average Bonchev–Trinajstić information content (AvgIpc) is 2.27. The number of nitrogens with zero attached hydrogens (tertiary/aromatic N) is 2. The van der Waals surface area contributed by atoms with Crippen LogP contribution < -0.4 is 16.6 Å². The van der Waals surface area contributed by atoms with Gasteiger partial charge in [-0.3, -0.25) is 5.01 Å². The molecule has 1 aromatic rings. The molecule has 0 fully saturated rings. The van der Waals surface area contributed by atoms with Crippen molar-refractivity contribution in [1.82, 2.24) is 0 Å². The first kappa shape index (κ1) is 14.0. The van der Waals surface area contributed by atoms with E-state index in [-0.39, 0.29) is 16.7 Å². The largest absolute Gasteiger partial charge is 0.400 e. The van der Waals surface area contributed by atoms with Crippen LogP contribution in [0.1, 0.15) is 26.3 Å². The van der Waals surface area contributed by atoms with Crippen LogP contribution in [0.15, 0.2) is 30.1 Å². The lowest BCUT2D eigenvalue weighted by molar-refractivity contribution is 0.495. The van der Waals surface area contributed by atoms with E-state index in [2.05, 4.69) is 0 Å². The molecule has 0 spiro atoms. The van der Waals surface area contributed by atoms with Crippen molar-refractivity contribution >= 4 is 5.69 Å². The van der Waals surface area contributed by atoms with E-state index in [9.17, 15) is 4.39 Å². The molecule has 0 aromatic heterocycles. The summed E-state index contributed by atoms with van der Waals surface area (Å²) < 4.78 is 13.2. The van der Waals surface area contributed by atoms with E-state index in [0.717, 1.165) is 0 Å². The Kier molecular flexibility index (Phi) is 3.94. The van der Waals surface area contributed by atoms with Crippen LogP contribution in [0, 0.1) is 22.6 Å². The molecule has 5 heteroatoms. The predicted molar refractivity (Wildman–Crippen MR) is 69.5 cm³/mol. The van der Waals surface area contributed by atoms with E-state index >= 15 is 0 Å². The molecule has 0 amide bonds. The molecule has 0 unspecified atom stereocenters. The smallest absolute Gasteiger partial charge is 0.125 e. The van der Waals surface area contributed by atoms with Crippen LogP contribution in [0.25, 0.3) is 0 Å². The van der Waals surface area contributed by atoms with Gasteiger partial charge in [0.05, 0.1) is 11.3 Å². The highest BCUT2D eigenvalue weighted by atomic mass is 19.1. The van der Waals surface area contributed by atoms with Crippen LogP contribution in [0.5, 0.6) is 0 Å². The number of hydrazine groups is 1. The van der Waals surface area contributed by atoms with E-state index in [0.29, 0.717) is 5.70 Å². The van der Waals surface area contributed by atoms with E-state index in [4.69, 9.17) is 16.8 Å². The van der Waals surface area contributed by atoms with E-state index < -0.39 is 5.82 Å². The van der Waals surface area contributed by atoms with Crippen LogP contribution in [-0.4, -0.2) is 0 Å². The molecule has 18 heavy (non-hydrogen) atoms. The molecule has 4 N–H and O–H groups in total. The zero-order valence-electron chi connectivity index (χ0n) is 10.7. The molecule has 0 heterocycles. The van der Waals surface area contributed by atoms with Crippen molar-refractivity contribution in [3.05, 3.63) is 41.5 Å². The van der Waals surface area contributed by atoms with Crippen molar-refractivity contribution < 1.29 is 4.39 Å². The summed E-state index contributed by atoms with van der Waals surface area (Å²) in [6, 6.07) is 5.75. The summed E-state index contributed by atoms with van der Waals surface area (Å²) in [4.78, 5) is 0. The minimum atomic E-state index is -0.456. The number of nitrogens with two attached hydrogens (primary N) is 2. The molecule has 1 rings (SSSR count). The van der Waals surface area contributed by atoms with Gasteiger partial charge in [0.25, 0.3) is 0 Å². The normalized spacial score (nSPS) is 12.1. The molecule has 0 bridgehead atoms. The van der Waals surface area contributed by atoms with Crippen molar-refractivity contribution in [2.24, 2.45) is 17.0 Å². The quantitative estimate of drug-likeness (QED) is 0.621. The number of rotatable bonds is 2. The van der Waals surface area contributed by atoms with Gasteiger partial charge in [0, 0.05) is 23.4 Å². The number of allylic oxidation sites excluding steroid dienone is 1. The van der Waals surface area contributed by atoms with Crippen LogP contribution in [0.3, 0.4) is 0 Å². The summed E-state index contributed by atoms with van der Waals surface area (Å²) in [5.41, 5.74) is 6.74. The molecule has 0 radical (unpaired) electrons. The molecule has 0 aliphatic rings. The van der Waals surface area contributed by atoms with Crippen LogP contribution in [-0.2, 0) is 0 Å². The van der Waals surface area contributed by atoms with Gasteiger partial charge in [0.2, 0.25) is 0 Å². The Labute approximate surface area is 106 Å². The average molecular weight is 248 g/mol. The number of nitriles is 1. The molecular weight excluding hydrogens is 231 g/mol. The first-order chi connectivity index (χ1) is 8.25. The summed E-state index contributed by atoms with van der Waals surface area (Å²) in [5, 5.41) is 10.1. The summed E-state index contributed by atoms with van der Waals surface area (Å²) in [6.45, 7) is 5.80. The van der Waals surface area contributed by atoms with Crippen LogP contribution >= 0.6 is 0 Å². The summed E-state index contributed by atoms with van der Waals surface area (Å²) >= 11 is 0. The van der Waals surface area contributed by atoms with Gasteiger partial charge in [-0.2, -0.15) is 5.26 Å². The highest BCUT2D eigenvalue weighted by molar-refractivity contribution is 5.60. The van der Waals surface area contributed by atoms with Crippen LogP contribution in [0.4, 0.5) is 10.1 Å². The van der Waals surface area contributed by atoms with Crippen molar-refractivity contribution in [3.63, 3.8) is 0 Å². The van der Waals surface area contributed by atoms with Crippen molar-refractivity contribution in [3.8, 4) is 6.07 Å². The van der Waals surface area contributed by atoms with Gasteiger partial charge in [0.1, 0.15) is 11.9 Å². The maximum atomic E-state index is 13.2. The molecular formula is C13H17FN4. The van der Waals surface area contributed by atoms with Crippen molar-refractivity contribution in [2.75, 3.05) is 5.01 Å². The lowest BCUT2D eigenvalue weighted by Crippen LogP contribution is -2.29. The fraction of sp³-hybridized carbons (Fsp3) is 0.308. The van der Waals surface area contributed by atoms with Gasteiger partial charge in [-0.25, -0.2) is 10.2 Å². The lowest BCUT2D eigenvalue weighted by atomic mass is 9.93. The Hall–Kier alpha value is -2.06. The topological polar surface area (TPSA) is 79.1 Å². The standard InChI is InChI=1S/C13H17FN4/c1-13(2,3)12(16)8-18(17)11-6-10(14)5-4-9(11)7-15/h4-6,8H,16-17H2,1-3H3/b12-8-. The third-order valence-electron chi connectivity index (χ3n) is 2.50. The Balaban J connectivity index is 3.16. The molecule has 0 saturated heterocycles. The first-order valence-corrected chi connectivity index (χ1v) is 5.47. The second-order valence-corrected chi connectivity index (χ2v) is 5.01. The van der Waals surface area contributed by atoms with Gasteiger partial charge in [-0.1, -0.05) is 20.8 Å². The van der Waals surface area contributed by atoms with Gasteiger partial charge in [0.15, 0.2) is 0 Å². The second-order valence-electron chi connectivity index (χ2n) is 5.01. The highest BCUT2D eigenvalue weighted by Gasteiger charge is 2.16. The summed E-state index contributed by atoms with van der Waals surface area (Å²) in [5.74, 6) is 5.34. The zero-order valence-corrected chi connectivity index (χ0v) is 10.7. The Morgan fingerprint density at radius 1 is 1.44 bits per heavy atom. The molecule has 0 saturated carbocycles. The molecule has 0 atom stereocenters. The molecule has 96 valence electrons. The number of hydrogen-bond donors (Lipinski definition) is 2. The van der Waals surface area contributed by atoms with E-state index in [1.165, 1.54) is 29.4 Å². The summed E-state index contributed by atoms with van der Waals surface area (Å²) in [7, 11) is 0. The SMILES string of the molecule is CC(C)(C)/C(N)=C/N(N)c1cc(F)ccc1C#N. The third-order valence-corrected chi connectivity index (χ3v) is 2.50. The van der Waals surface area contributed by atoms with E-state index in [1.54, 1.807) is 0 Å². The van der Waals surface area contributed by atoms with Gasteiger partial charge in [-0.05, 0) is 12.1 Å². The Bertz CT molecular complexity index is 509. The summed E-state index contributed by atoms with van der Waals surface area (Å²) in [6.07, 6.45) is 1.50. The second kappa shape index (κ2) is 5.07. The molecule has 0 aliphatic heterocycles. The Morgan fingerprint density at radius 3 is 2.56 bits per heavy atom. The fourth-order valence-corrected chi connectivity index (χ4v) is 1.23. The molecule has 1 aromatic carbocycles. The number of anilines is 1. The first-order valence-electron chi connectivity index (χ1n) is 5.47. The van der Waals surface area contributed by atoms with Gasteiger partial charge >= 0.3 is 0 Å². The molecule has 0 aliphatic carbocycles. The maximum Gasteiger partial charge on any atom is 0.125 e.